The van der Waals surface area contributed by atoms with Gasteiger partial charge in [-0.2, -0.15) is 0 Å². The molecule has 0 aliphatic rings. The summed E-state index contributed by atoms with van der Waals surface area (Å²) in [6, 6.07) is 21.9. The lowest BCUT2D eigenvalue weighted by Gasteiger charge is -2.09. The molecule has 0 bridgehead atoms. The zero-order valence-electron chi connectivity index (χ0n) is 15.5. The van der Waals surface area contributed by atoms with E-state index in [1.165, 1.54) is 5.56 Å². The van der Waals surface area contributed by atoms with Gasteiger partial charge in [0.1, 0.15) is 0 Å². The average Bonchev–Trinajstić information content (AvgIpc) is 2.71. The third kappa shape index (κ3) is 5.21. The van der Waals surface area contributed by atoms with Gasteiger partial charge in [0.2, 0.25) is 0 Å². The van der Waals surface area contributed by atoms with Crippen molar-refractivity contribution in [1.29, 1.82) is 0 Å². The predicted molar refractivity (Wildman–Crippen MR) is 113 cm³/mol. The molecule has 0 aliphatic carbocycles. The van der Waals surface area contributed by atoms with Crippen LogP contribution in [0.4, 0.5) is 5.69 Å². The first-order valence-electron chi connectivity index (χ1n) is 9.02. The molecular formula is C23H21ClN2O2. The third-order valence-corrected chi connectivity index (χ3v) is 4.62. The van der Waals surface area contributed by atoms with Crippen LogP contribution in [0.2, 0.25) is 5.02 Å². The number of aryl methyl sites for hydroxylation is 1. The first-order valence-corrected chi connectivity index (χ1v) is 9.40. The van der Waals surface area contributed by atoms with Crippen molar-refractivity contribution >= 4 is 29.1 Å². The van der Waals surface area contributed by atoms with Crippen LogP contribution in [0.5, 0.6) is 0 Å². The summed E-state index contributed by atoms with van der Waals surface area (Å²) in [5, 5.41) is 6.38. The summed E-state index contributed by atoms with van der Waals surface area (Å²) in [7, 11) is 0. The number of rotatable bonds is 6. The SMILES string of the molecule is Cc1cc(Cl)ccc1NC(=O)c1ccc(C(=O)NCCc2ccccc2)cc1. The normalized spacial score (nSPS) is 10.4. The smallest absolute Gasteiger partial charge is 0.255 e. The largest absolute Gasteiger partial charge is 0.352 e. The van der Waals surface area contributed by atoms with Crippen molar-refractivity contribution in [1.82, 2.24) is 5.32 Å². The van der Waals surface area contributed by atoms with E-state index in [2.05, 4.69) is 10.6 Å². The maximum absolute atomic E-state index is 12.4. The number of hydrogen-bond acceptors (Lipinski definition) is 2. The Morgan fingerprint density at radius 2 is 1.50 bits per heavy atom. The summed E-state index contributed by atoms with van der Waals surface area (Å²) < 4.78 is 0. The highest BCUT2D eigenvalue weighted by Crippen LogP contribution is 2.20. The molecule has 3 aromatic rings. The molecule has 0 fully saturated rings. The van der Waals surface area contributed by atoms with E-state index in [1.54, 1.807) is 42.5 Å². The fourth-order valence-corrected chi connectivity index (χ4v) is 3.03. The van der Waals surface area contributed by atoms with Gasteiger partial charge >= 0.3 is 0 Å². The number of carbonyl (C=O) groups is 2. The molecule has 3 rings (SSSR count). The Balaban J connectivity index is 1.56. The molecule has 0 radical (unpaired) electrons. The summed E-state index contributed by atoms with van der Waals surface area (Å²) in [5.41, 5.74) is 3.77. The zero-order valence-corrected chi connectivity index (χ0v) is 16.3. The van der Waals surface area contributed by atoms with E-state index < -0.39 is 0 Å². The lowest BCUT2D eigenvalue weighted by molar-refractivity contribution is 0.0952. The zero-order chi connectivity index (χ0) is 19.9. The van der Waals surface area contributed by atoms with Crippen LogP contribution in [0.25, 0.3) is 0 Å². The Morgan fingerprint density at radius 3 is 2.14 bits per heavy atom. The molecule has 142 valence electrons. The van der Waals surface area contributed by atoms with E-state index in [0.717, 1.165) is 12.0 Å². The van der Waals surface area contributed by atoms with Gasteiger partial charge in [-0.15, -0.1) is 0 Å². The first kappa shape index (κ1) is 19.6. The number of hydrogen-bond donors (Lipinski definition) is 2. The van der Waals surface area contributed by atoms with Crippen LogP contribution in [0, 0.1) is 6.92 Å². The monoisotopic (exact) mass is 392 g/mol. The van der Waals surface area contributed by atoms with Crippen LogP contribution in [0.3, 0.4) is 0 Å². The maximum Gasteiger partial charge on any atom is 0.255 e. The number of carbonyl (C=O) groups excluding carboxylic acids is 2. The summed E-state index contributed by atoms with van der Waals surface area (Å²) in [5.74, 6) is -0.391. The Bertz CT molecular complexity index is 970. The van der Waals surface area contributed by atoms with Gasteiger partial charge in [0.25, 0.3) is 11.8 Å². The molecule has 0 heterocycles. The van der Waals surface area contributed by atoms with E-state index >= 15 is 0 Å². The van der Waals surface area contributed by atoms with Crippen molar-refractivity contribution in [3.05, 3.63) is 100 Å². The van der Waals surface area contributed by atoms with Crippen LogP contribution in [-0.4, -0.2) is 18.4 Å². The van der Waals surface area contributed by atoms with Gasteiger partial charge in [0.15, 0.2) is 0 Å². The fraction of sp³-hybridized carbons (Fsp3) is 0.130. The molecule has 0 aliphatic heterocycles. The minimum atomic E-state index is -0.235. The topological polar surface area (TPSA) is 58.2 Å². The first-order chi connectivity index (χ1) is 13.5. The van der Waals surface area contributed by atoms with Gasteiger partial charge in [-0.05, 0) is 66.9 Å². The molecule has 0 saturated carbocycles. The van der Waals surface area contributed by atoms with Crippen molar-refractivity contribution in [3.63, 3.8) is 0 Å². The highest BCUT2D eigenvalue weighted by molar-refractivity contribution is 6.30. The van der Waals surface area contributed by atoms with Crippen molar-refractivity contribution in [2.24, 2.45) is 0 Å². The molecule has 28 heavy (non-hydrogen) atoms. The van der Waals surface area contributed by atoms with E-state index in [0.29, 0.717) is 28.4 Å². The lowest BCUT2D eigenvalue weighted by Crippen LogP contribution is -2.25. The highest BCUT2D eigenvalue weighted by atomic mass is 35.5. The van der Waals surface area contributed by atoms with E-state index in [9.17, 15) is 9.59 Å². The summed E-state index contributed by atoms with van der Waals surface area (Å²) in [4.78, 5) is 24.7. The van der Waals surface area contributed by atoms with Crippen LogP contribution >= 0.6 is 11.6 Å². The third-order valence-electron chi connectivity index (χ3n) is 4.39. The van der Waals surface area contributed by atoms with Crippen LogP contribution in [0.15, 0.2) is 72.8 Å². The van der Waals surface area contributed by atoms with Crippen LogP contribution < -0.4 is 10.6 Å². The molecule has 0 atom stereocenters. The molecule has 2 N–H and O–H groups in total. The Hall–Kier alpha value is -3.11. The molecule has 0 aromatic heterocycles. The minimum Gasteiger partial charge on any atom is -0.352 e. The van der Waals surface area contributed by atoms with Gasteiger partial charge in [-0.1, -0.05) is 41.9 Å². The van der Waals surface area contributed by atoms with Crippen molar-refractivity contribution in [2.75, 3.05) is 11.9 Å². The molecule has 0 spiro atoms. The van der Waals surface area contributed by atoms with Crippen LogP contribution in [-0.2, 0) is 6.42 Å². The number of nitrogens with one attached hydrogen (secondary N) is 2. The molecule has 0 saturated heterocycles. The van der Waals surface area contributed by atoms with Gasteiger partial charge < -0.3 is 10.6 Å². The van der Waals surface area contributed by atoms with E-state index in [4.69, 9.17) is 11.6 Å². The van der Waals surface area contributed by atoms with Crippen molar-refractivity contribution in [3.8, 4) is 0 Å². The van der Waals surface area contributed by atoms with E-state index in [-0.39, 0.29) is 11.8 Å². The molecule has 2 amide bonds. The number of benzene rings is 3. The summed E-state index contributed by atoms with van der Waals surface area (Å²) >= 11 is 5.94. The maximum atomic E-state index is 12.4. The predicted octanol–water partition coefficient (Wildman–Crippen LogP) is 4.87. The summed E-state index contributed by atoms with van der Waals surface area (Å²) in [6.45, 7) is 2.44. The lowest BCUT2D eigenvalue weighted by atomic mass is 10.1. The molecule has 4 nitrogen and oxygen atoms in total. The van der Waals surface area contributed by atoms with Crippen LogP contribution in [0.1, 0.15) is 31.8 Å². The van der Waals surface area contributed by atoms with Gasteiger partial charge in [-0.3, -0.25) is 9.59 Å². The number of anilines is 1. The van der Waals surface area contributed by atoms with Gasteiger partial charge in [0, 0.05) is 28.4 Å². The highest BCUT2D eigenvalue weighted by Gasteiger charge is 2.10. The summed E-state index contributed by atoms with van der Waals surface area (Å²) in [6.07, 6.45) is 0.771. The average molecular weight is 393 g/mol. The van der Waals surface area contributed by atoms with Gasteiger partial charge in [-0.25, -0.2) is 0 Å². The second-order valence-corrected chi connectivity index (χ2v) is 6.92. The quantitative estimate of drug-likeness (QED) is 0.628. The number of halogens is 1. The van der Waals surface area contributed by atoms with Crippen molar-refractivity contribution in [2.45, 2.75) is 13.3 Å². The molecule has 5 heteroatoms. The molecule has 3 aromatic carbocycles. The Morgan fingerprint density at radius 1 is 0.857 bits per heavy atom. The standard InChI is InChI=1S/C23H21ClN2O2/c1-16-15-20(24)11-12-21(16)26-23(28)19-9-7-18(8-10-19)22(27)25-14-13-17-5-3-2-4-6-17/h2-12,15H,13-14H2,1H3,(H,25,27)(H,26,28). The Labute approximate surface area is 169 Å². The second-order valence-electron chi connectivity index (χ2n) is 6.48. The minimum absolute atomic E-state index is 0.156. The molecular weight excluding hydrogens is 372 g/mol. The fourth-order valence-electron chi connectivity index (χ4n) is 2.80. The Kier molecular flexibility index (Phi) is 6.45. The van der Waals surface area contributed by atoms with Crippen molar-refractivity contribution < 1.29 is 9.59 Å². The molecule has 0 unspecified atom stereocenters. The second kappa shape index (κ2) is 9.20. The number of amides is 2. The van der Waals surface area contributed by atoms with Gasteiger partial charge in [0.05, 0.1) is 0 Å². The van der Waals surface area contributed by atoms with E-state index in [1.807, 2.05) is 37.3 Å².